The van der Waals surface area contributed by atoms with Gasteiger partial charge in [-0.1, -0.05) is 29.8 Å². The van der Waals surface area contributed by atoms with Crippen LogP contribution in [0.4, 0.5) is 0 Å². The number of aryl methyl sites for hydroxylation is 1. The number of aromatic nitrogens is 1. The second-order valence-corrected chi connectivity index (χ2v) is 5.40. The Balaban J connectivity index is 1.93. The lowest BCUT2D eigenvalue weighted by atomic mass is 10.1. The first-order valence-corrected chi connectivity index (χ1v) is 6.85. The van der Waals surface area contributed by atoms with Crippen molar-refractivity contribution in [2.45, 2.75) is 26.4 Å². The van der Waals surface area contributed by atoms with Crippen molar-refractivity contribution in [1.82, 2.24) is 10.3 Å². The highest BCUT2D eigenvalue weighted by Gasteiger charge is 2.04. The molecule has 0 spiro atoms. The lowest BCUT2D eigenvalue weighted by molar-refractivity contribution is 0.567. The normalized spacial score (nSPS) is 12.4. The van der Waals surface area contributed by atoms with Crippen molar-refractivity contribution in [1.29, 1.82) is 0 Å². The Bertz CT molecular complexity index is 491. The van der Waals surface area contributed by atoms with Crippen LogP contribution in [0, 0.1) is 6.92 Å². The Morgan fingerprint density at radius 1 is 1.17 bits per heavy atom. The molecule has 2 nitrogen and oxygen atoms in total. The predicted octanol–water partition coefficient (Wildman–Crippen LogP) is 4.00. The highest BCUT2D eigenvalue weighted by atomic mass is 79.9. The average molecular weight is 305 g/mol. The van der Waals surface area contributed by atoms with Gasteiger partial charge in [-0.15, -0.1) is 0 Å². The number of hydrogen-bond acceptors (Lipinski definition) is 2. The van der Waals surface area contributed by atoms with E-state index in [1.807, 2.05) is 18.3 Å². The standard InChI is InChI=1S/C15H17BrN2/c1-11-3-5-13(6-4-11)12(2)17-10-15-8-7-14(16)9-18-15/h3-9,12,17H,10H2,1-2H3/t12-/m0/s1. The molecule has 1 aromatic carbocycles. The second-order valence-electron chi connectivity index (χ2n) is 4.48. The van der Waals surface area contributed by atoms with Crippen molar-refractivity contribution in [3.63, 3.8) is 0 Å². The first-order valence-electron chi connectivity index (χ1n) is 6.05. The van der Waals surface area contributed by atoms with Crippen molar-refractivity contribution in [2.24, 2.45) is 0 Å². The molecule has 1 heterocycles. The molecule has 1 atom stereocenters. The van der Waals surface area contributed by atoms with E-state index in [0.717, 1.165) is 16.7 Å². The van der Waals surface area contributed by atoms with Gasteiger partial charge in [-0.2, -0.15) is 0 Å². The van der Waals surface area contributed by atoms with Crippen molar-refractivity contribution in [3.8, 4) is 0 Å². The Labute approximate surface area is 117 Å². The molecule has 2 aromatic rings. The molecule has 18 heavy (non-hydrogen) atoms. The summed E-state index contributed by atoms with van der Waals surface area (Å²) in [5.41, 5.74) is 3.65. The zero-order valence-corrected chi connectivity index (χ0v) is 12.2. The molecule has 0 aliphatic heterocycles. The lowest BCUT2D eigenvalue weighted by Crippen LogP contribution is -2.18. The maximum atomic E-state index is 4.35. The summed E-state index contributed by atoms with van der Waals surface area (Å²) in [6.07, 6.45) is 1.83. The molecule has 0 aliphatic carbocycles. The van der Waals surface area contributed by atoms with Crippen LogP contribution in [-0.2, 0) is 6.54 Å². The number of rotatable bonds is 4. The van der Waals surface area contributed by atoms with E-state index in [0.29, 0.717) is 6.04 Å². The Kier molecular flexibility index (Phi) is 4.50. The van der Waals surface area contributed by atoms with Gasteiger partial charge in [0.25, 0.3) is 0 Å². The van der Waals surface area contributed by atoms with Crippen LogP contribution in [0.25, 0.3) is 0 Å². The van der Waals surface area contributed by atoms with Gasteiger partial charge in [0.2, 0.25) is 0 Å². The molecule has 0 bridgehead atoms. The minimum Gasteiger partial charge on any atom is -0.305 e. The fourth-order valence-electron chi connectivity index (χ4n) is 1.74. The van der Waals surface area contributed by atoms with Gasteiger partial charge in [-0.25, -0.2) is 0 Å². The fourth-order valence-corrected chi connectivity index (χ4v) is 1.98. The summed E-state index contributed by atoms with van der Waals surface area (Å²) >= 11 is 3.39. The smallest absolute Gasteiger partial charge is 0.0542 e. The van der Waals surface area contributed by atoms with E-state index in [4.69, 9.17) is 0 Å². The van der Waals surface area contributed by atoms with Crippen LogP contribution in [0.3, 0.4) is 0 Å². The van der Waals surface area contributed by atoms with Gasteiger partial charge >= 0.3 is 0 Å². The molecule has 0 fully saturated rings. The molecule has 0 amide bonds. The molecule has 0 saturated heterocycles. The average Bonchev–Trinajstić information content (AvgIpc) is 2.38. The van der Waals surface area contributed by atoms with Crippen LogP contribution in [0.5, 0.6) is 0 Å². The summed E-state index contributed by atoms with van der Waals surface area (Å²) < 4.78 is 1.01. The maximum absolute atomic E-state index is 4.35. The van der Waals surface area contributed by atoms with E-state index in [2.05, 4.69) is 64.3 Å². The molecule has 3 heteroatoms. The minimum absolute atomic E-state index is 0.330. The van der Waals surface area contributed by atoms with Crippen LogP contribution in [0.2, 0.25) is 0 Å². The summed E-state index contributed by atoms with van der Waals surface area (Å²) in [6, 6.07) is 13.0. The third-order valence-electron chi connectivity index (χ3n) is 2.96. The van der Waals surface area contributed by atoms with E-state index < -0.39 is 0 Å². The van der Waals surface area contributed by atoms with Crippen LogP contribution in [-0.4, -0.2) is 4.98 Å². The van der Waals surface area contributed by atoms with Gasteiger partial charge in [0.15, 0.2) is 0 Å². The van der Waals surface area contributed by atoms with Gasteiger partial charge in [0.1, 0.15) is 0 Å². The SMILES string of the molecule is Cc1ccc([C@H](C)NCc2ccc(Br)cn2)cc1. The molecule has 0 saturated carbocycles. The number of pyridine rings is 1. The van der Waals surface area contributed by atoms with E-state index in [9.17, 15) is 0 Å². The van der Waals surface area contributed by atoms with E-state index in [-0.39, 0.29) is 0 Å². The van der Waals surface area contributed by atoms with E-state index in [1.54, 1.807) is 0 Å². The van der Waals surface area contributed by atoms with Gasteiger partial charge < -0.3 is 5.32 Å². The quantitative estimate of drug-likeness (QED) is 0.923. The zero-order chi connectivity index (χ0) is 13.0. The molecular formula is C15H17BrN2. The minimum atomic E-state index is 0.330. The van der Waals surface area contributed by atoms with E-state index >= 15 is 0 Å². The molecule has 0 unspecified atom stereocenters. The van der Waals surface area contributed by atoms with E-state index in [1.165, 1.54) is 11.1 Å². The maximum Gasteiger partial charge on any atom is 0.0542 e. The van der Waals surface area contributed by atoms with Crippen molar-refractivity contribution >= 4 is 15.9 Å². The first kappa shape index (κ1) is 13.2. The predicted molar refractivity (Wildman–Crippen MR) is 78.4 cm³/mol. The Morgan fingerprint density at radius 3 is 2.50 bits per heavy atom. The Morgan fingerprint density at radius 2 is 1.89 bits per heavy atom. The highest BCUT2D eigenvalue weighted by molar-refractivity contribution is 9.10. The molecular weight excluding hydrogens is 288 g/mol. The molecule has 1 aromatic heterocycles. The van der Waals surface area contributed by atoms with Crippen LogP contribution in [0.1, 0.15) is 29.8 Å². The van der Waals surface area contributed by atoms with Crippen molar-refractivity contribution < 1.29 is 0 Å². The number of hydrogen-bond donors (Lipinski definition) is 1. The summed E-state index contributed by atoms with van der Waals surface area (Å²) in [4.78, 5) is 4.35. The summed E-state index contributed by atoms with van der Waals surface area (Å²) in [7, 11) is 0. The fraction of sp³-hybridized carbons (Fsp3) is 0.267. The number of benzene rings is 1. The first-order chi connectivity index (χ1) is 8.65. The molecule has 2 rings (SSSR count). The highest BCUT2D eigenvalue weighted by Crippen LogP contribution is 2.14. The molecule has 1 N–H and O–H groups in total. The van der Waals surface area contributed by atoms with Gasteiger partial charge in [-0.05, 0) is 47.5 Å². The van der Waals surface area contributed by atoms with Gasteiger partial charge in [0.05, 0.1) is 5.69 Å². The lowest BCUT2D eigenvalue weighted by Gasteiger charge is -2.14. The van der Waals surface area contributed by atoms with Gasteiger partial charge in [0, 0.05) is 23.3 Å². The molecule has 94 valence electrons. The van der Waals surface area contributed by atoms with Crippen molar-refractivity contribution in [3.05, 3.63) is 63.9 Å². The molecule has 0 aliphatic rings. The van der Waals surface area contributed by atoms with Crippen LogP contribution in [0.15, 0.2) is 47.1 Å². The monoisotopic (exact) mass is 304 g/mol. The third kappa shape index (κ3) is 3.65. The Hall–Kier alpha value is -1.19. The topological polar surface area (TPSA) is 24.9 Å². The summed E-state index contributed by atoms with van der Waals surface area (Å²) in [5, 5.41) is 3.48. The number of nitrogens with zero attached hydrogens (tertiary/aromatic N) is 1. The second kappa shape index (κ2) is 6.12. The number of nitrogens with one attached hydrogen (secondary N) is 1. The summed E-state index contributed by atoms with van der Waals surface area (Å²) in [5.74, 6) is 0. The van der Waals surface area contributed by atoms with Gasteiger partial charge in [-0.3, -0.25) is 4.98 Å². The van der Waals surface area contributed by atoms with Crippen LogP contribution < -0.4 is 5.32 Å². The largest absolute Gasteiger partial charge is 0.305 e. The molecule has 0 radical (unpaired) electrons. The third-order valence-corrected chi connectivity index (χ3v) is 3.42. The van der Waals surface area contributed by atoms with Crippen LogP contribution >= 0.6 is 15.9 Å². The summed E-state index contributed by atoms with van der Waals surface area (Å²) in [6.45, 7) is 5.06. The number of halogens is 1. The van der Waals surface area contributed by atoms with Crippen molar-refractivity contribution in [2.75, 3.05) is 0 Å². The zero-order valence-electron chi connectivity index (χ0n) is 10.7.